The van der Waals surface area contributed by atoms with Gasteiger partial charge in [-0.25, -0.2) is 0 Å². The van der Waals surface area contributed by atoms with Gasteiger partial charge in [0.25, 0.3) is 5.91 Å². The van der Waals surface area contributed by atoms with Crippen molar-refractivity contribution in [1.29, 1.82) is 0 Å². The van der Waals surface area contributed by atoms with Crippen LogP contribution < -0.4 is 10.6 Å². The van der Waals surface area contributed by atoms with Crippen LogP contribution in [0, 0.1) is 0 Å². The molecule has 1 aromatic rings. The van der Waals surface area contributed by atoms with Crippen LogP contribution in [0.5, 0.6) is 0 Å². The van der Waals surface area contributed by atoms with E-state index in [9.17, 15) is 9.59 Å². The Labute approximate surface area is 87.0 Å². The minimum atomic E-state index is -0.316. The number of para-hydroxylation sites is 1. The van der Waals surface area contributed by atoms with E-state index in [1.54, 1.807) is 6.20 Å². The maximum Gasteiger partial charge on any atom is 0.255 e. The standard InChI is InChI=1S/C11H10N2O2/c14-10-6-8(11(15)13-10)7-12-9-4-2-1-3-5-9/h1-5,7,12H,6H2,(H,13,14,15)/b8-7+. The molecule has 0 spiro atoms. The average molecular weight is 202 g/mol. The van der Waals surface area contributed by atoms with Crippen molar-refractivity contribution in [3.8, 4) is 0 Å². The highest BCUT2D eigenvalue weighted by Crippen LogP contribution is 2.11. The number of nitrogens with one attached hydrogen (secondary N) is 2. The van der Waals surface area contributed by atoms with E-state index in [0.29, 0.717) is 5.57 Å². The van der Waals surface area contributed by atoms with E-state index in [0.717, 1.165) is 5.69 Å². The Morgan fingerprint density at radius 3 is 2.53 bits per heavy atom. The number of rotatable bonds is 2. The summed E-state index contributed by atoms with van der Waals surface area (Å²) >= 11 is 0. The van der Waals surface area contributed by atoms with Gasteiger partial charge in [0, 0.05) is 17.5 Å². The molecule has 0 bridgehead atoms. The molecule has 2 rings (SSSR count). The molecular weight excluding hydrogens is 192 g/mol. The van der Waals surface area contributed by atoms with Crippen LogP contribution in [0.15, 0.2) is 42.1 Å². The van der Waals surface area contributed by atoms with Gasteiger partial charge >= 0.3 is 0 Å². The average Bonchev–Trinajstić information content (AvgIpc) is 2.56. The second kappa shape index (κ2) is 3.96. The number of imide groups is 1. The molecule has 0 saturated carbocycles. The van der Waals surface area contributed by atoms with Crippen molar-refractivity contribution in [2.45, 2.75) is 6.42 Å². The van der Waals surface area contributed by atoms with Crippen LogP contribution in [-0.2, 0) is 9.59 Å². The van der Waals surface area contributed by atoms with Crippen LogP contribution in [0.4, 0.5) is 5.69 Å². The minimum Gasteiger partial charge on any atom is -0.361 e. The quantitative estimate of drug-likeness (QED) is 0.556. The van der Waals surface area contributed by atoms with E-state index in [-0.39, 0.29) is 18.2 Å². The molecule has 2 amide bonds. The Morgan fingerprint density at radius 2 is 1.93 bits per heavy atom. The summed E-state index contributed by atoms with van der Waals surface area (Å²) in [5.41, 5.74) is 1.35. The number of carbonyl (C=O) groups is 2. The van der Waals surface area contributed by atoms with Gasteiger partial charge in [-0.15, -0.1) is 0 Å². The highest BCUT2D eigenvalue weighted by molar-refractivity contribution is 6.13. The third-order valence-corrected chi connectivity index (χ3v) is 2.08. The van der Waals surface area contributed by atoms with Gasteiger partial charge in [-0.3, -0.25) is 14.9 Å². The molecular formula is C11H10N2O2. The van der Waals surface area contributed by atoms with Gasteiger partial charge < -0.3 is 5.32 Å². The topological polar surface area (TPSA) is 58.2 Å². The normalized spacial score (nSPS) is 18.0. The van der Waals surface area contributed by atoms with Crippen molar-refractivity contribution in [2.24, 2.45) is 0 Å². The highest BCUT2D eigenvalue weighted by atomic mass is 16.2. The first-order chi connectivity index (χ1) is 7.25. The summed E-state index contributed by atoms with van der Waals surface area (Å²) in [6.07, 6.45) is 1.72. The van der Waals surface area contributed by atoms with E-state index < -0.39 is 0 Å². The summed E-state index contributed by atoms with van der Waals surface area (Å²) < 4.78 is 0. The fourth-order valence-electron chi connectivity index (χ4n) is 1.33. The van der Waals surface area contributed by atoms with Gasteiger partial charge in [0.05, 0.1) is 6.42 Å². The Morgan fingerprint density at radius 1 is 1.20 bits per heavy atom. The summed E-state index contributed by atoms with van der Waals surface area (Å²) in [5, 5.41) is 5.18. The molecule has 0 aliphatic carbocycles. The number of anilines is 1. The molecule has 15 heavy (non-hydrogen) atoms. The van der Waals surface area contributed by atoms with Crippen LogP contribution in [0.25, 0.3) is 0 Å². The fourth-order valence-corrected chi connectivity index (χ4v) is 1.33. The number of hydrogen-bond donors (Lipinski definition) is 2. The zero-order valence-corrected chi connectivity index (χ0v) is 7.99. The predicted molar refractivity (Wildman–Crippen MR) is 55.9 cm³/mol. The van der Waals surface area contributed by atoms with Crippen molar-refractivity contribution in [1.82, 2.24) is 5.32 Å². The van der Waals surface area contributed by atoms with E-state index >= 15 is 0 Å². The summed E-state index contributed by atoms with van der Waals surface area (Å²) in [6, 6.07) is 9.45. The zero-order chi connectivity index (χ0) is 10.7. The number of hydrogen-bond acceptors (Lipinski definition) is 3. The molecule has 1 saturated heterocycles. The largest absolute Gasteiger partial charge is 0.361 e. The minimum absolute atomic E-state index is 0.151. The molecule has 1 aromatic carbocycles. The Kier molecular flexibility index (Phi) is 2.49. The van der Waals surface area contributed by atoms with Gasteiger partial charge in [-0.1, -0.05) is 18.2 Å². The fraction of sp³-hybridized carbons (Fsp3) is 0.0909. The molecule has 1 aliphatic rings. The molecule has 0 atom stereocenters. The molecule has 2 N–H and O–H groups in total. The van der Waals surface area contributed by atoms with Crippen LogP contribution in [-0.4, -0.2) is 11.8 Å². The molecule has 1 fully saturated rings. The van der Waals surface area contributed by atoms with Gasteiger partial charge in [-0.05, 0) is 12.1 Å². The van der Waals surface area contributed by atoms with Crippen molar-refractivity contribution in [3.63, 3.8) is 0 Å². The lowest BCUT2D eigenvalue weighted by atomic mass is 10.2. The summed E-state index contributed by atoms with van der Waals surface area (Å²) in [5.74, 6) is -0.565. The summed E-state index contributed by atoms with van der Waals surface area (Å²) in [4.78, 5) is 22.0. The lowest BCUT2D eigenvalue weighted by Crippen LogP contribution is -2.19. The number of benzene rings is 1. The van der Waals surface area contributed by atoms with Crippen LogP contribution in [0.2, 0.25) is 0 Å². The first-order valence-electron chi connectivity index (χ1n) is 4.60. The zero-order valence-electron chi connectivity index (χ0n) is 7.99. The molecule has 0 aromatic heterocycles. The van der Waals surface area contributed by atoms with Crippen molar-refractivity contribution in [3.05, 3.63) is 42.1 Å². The van der Waals surface area contributed by atoms with E-state index in [1.165, 1.54) is 0 Å². The summed E-state index contributed by atoms with van der Waals surface area (Å²) in [7, 11) is 0. The van der Waals surface area contributed by atoms with Crippen molar-refractivity contribution >= 4 is 17.5 Å². The third kappa shape index (κ3) is 2.22. The lowest BCUT2D eigenvalue weighted by molar-refractivity contribution is -0.124. The van der Waals surface area contributed by atoms with E-state index in [1.807, 2.05) is 30.3 Å². The monoisotopic (exact) mass is 202 g/mol. The van der Waals surface area contributed by atoms with Gasteiger partial charge in [0.1, 0.15) is 0 Å². The third-order valence-electron chi connectivity index (χ3n) is 2.08. The second-order valence-electron chi connectivity index (χ2n) is 3.23. The van der Waals surface area contributed by atoms with Gasteiger partial charge in [0.2, 0.25) is 5.91 Å². The number of carbonyl (C=O) groups excluding carboxylic acids is 2. The molecule has 0 unspecified atom stereocenters. The maximum absolute atomic E-state index is 11.2. The first-order valence-corrected chi connectivity index (χ1v) is 4.60. The Hall–Kier alpha value is -2.10. The second-order valence-corrected chi connectivity index (χ2v) is 3.23. The van der Waals surface area contributed by atoms with Crippen LogP contribution >= 0.6 is 0 Å². The molecule has 1 aliphatic heterocycles. The maximum atomic E-state index is 11.2. The SMILES string of the molecule is O=C1C/C(=C\Nc2ccccc2)C(=O)N1. The van der Waals surface area contributed by atoms with E-state index in [2.05, 4.69) is 10.6 Å². The van der Waals surface area contributed by atoms with Gasteiger partial charge in [0.15, 0.2) is 0 Å². The molecule has 76 valence electrons. The molecule has 4 heteroatoms. The summed E-state index contributed by atoms with van der Waals surface area (Å²) in [6.45, 7) is 0. The number of amides is 2. The Balaban J connectivity index is 2.06. The van der Waals surface area contributed by atoms with Crippen LogP contribution in [0.3, 0.4) is 0 Å². The predicted octanol–water partition coefficient (Wildman–Crippen LogP) is 1.03. The smallest absolute Gasteiger partial charge is 0.255 e. The molecule has 1 heterocycles. The lowest BCUT2D eigenvalue weighted by Gasteiger charge is -1.99. The Bertz CT molecular complexity index is 423. The first kappa shape index (κ1) is 9.45. The highest BCUT2D eigenvalue weighted by Gasteiger charge is 2.23. The van der Waals surface area contributed by atoms with Gasteiger partial charge in [-0.2, -0.15) is 0 Å². The van der Waals surface area contributed by atoms with E-state index in [4.69, 9.17) is 0 Å². The van der Waals surface area contributed by atoms with Crippen LogP contribution in [0.1, 0.15) is 6.42 Å². The van der Waals surface area contributed by atoms with Crippen molar-refractivity contribution < 1.29 is 9.59 Å². The molecule has 0 radical (unpaired) electrons. The molecule has 4 nitrogen and oxygen atoms in total. The van der Waals surface area contributed by atoms with Crippen molar-refractivity contribution in [2.75, 3.05) is 5.32 Å².